The van der Waals surface area contributed by atoms with Gasteiger partial charge in [0.2, 0.25) is 10.0 Å². The first-order chi connectivity index (χ1) is 21.2. The van der Waals surface area contributed by atoms with Gasteiger partial charge in [0.15, 0.2) is 11.5 Å². The van der Waals surface area contributed by atoms with E-state index in [0.29, 0.717) is 34.9 Å². The monoisotopic (exact) mass is 646 g/mol. The summed E-state index contributed by atoms with van der Waals surface area (Å²) in [5.74, 6) is -0.115. The molecule has 1 unspecified atom stereocenters. The number of hydrogen-bond acceptors (Lipinski definition) is 7. The fraction of sp³-hybridized carbons (Fsp3) is 0.303. The van der Waals surface area contributed by atoms with Crippen molar-refractivity contribution in [3.63, 3.8) is 0 Å². The van der Waals surface area contributed by atoms with Crippen molar-refractivity contribution in [1.29, 1.82) is 0 Å². The highest BCUT2D eigenvalue weighted by Gasteiger charge is 2.33. The number of hydrogen-bond donors (Lipinski definition) is 2. The van der Waals surface area contributed by atoms with Gasteiger partial charge in [-0.2, -0.15) is 5.10 Å². The minimum absolute atomic E-state index is 0.0177. The highest BCUT2D eigenvalue weighted by atomic mass is 32.2. The van der Waals surface area contributed by atoms with Crippen molar-refractivity contribution in [2.24, 2.45) is 11.1 Å². The number of thiophene rings is 1. The minimum atomic E-state index is -1.92. The summed E-state index contributed by atoms with van der Waals surface area (Å²) < 4.78 is 28.5. The van der Waals surface area contributed by atoms with Gasteiger partial charge in [0.1, 0.15) is 0 Å². The Morgan fingerprint density at radius 1 is 1.16 bits per heavy atom. The van der Waals surface area contributed by atoms with Gasteiger partial charge in [0.05, 0.1) is 22.7 Å². The molecule has 3 N–H and O–H groups in total. The van der Waals surface area contributed by atoms with Gasteiger partial charge in [-0.3, -0.25) is 0 Å². The molecule has 0 spiro atoms. The van der Waals surface area contributed by atoms with Crippen LogP contribution in [-0.4, -0.2) is 30.4 Å². The number of rotatable bonds is 10. The van der Waals surface area contributed by atoms with Crippen LogP contribution < -0.4 is 5.14 Å². The highest BCUT2D eigenvalue weighted by Crippen LogP contribution is 2.49. The molecule has 2 aliphatic rings. The third-order valence-electron chi connectivity index (χ3n) is 8.69. The Bertz CT molecular complexity index is 1850. The summed E-state index contributed by atoms with van der Waals surface area (Å²) in [5.41, 5.74) is 5.65. The molecule has 0 radical (unpaired) electrons. The number of thiazole rings is 1. The van der Waals surface area contributed by atoms with E-state index >= 15 is 0 Å². The molecule has 3 aromatic heterocycles. The van der Waals surface area contributed by atoms with E-state index in [1.54, 1.807) is 10.7 Å². The number of aromatic nitrogens is 3. The Balaban J connectivity index is 1.29. The molecule has 11 heteroatoms. The van der Waals surface area contributed by atoms with Crippen LogP contribution in [0.3, 0.4) is 0 Å². The predicted molar refractivity (Wildman–Crippen MR) is 172 cm³/mol. The zero-order valence-electron chi connectivity index (χ0n) is 24.0. The van der Waals surface area contributed by atoms with Crippen LogP contribution in [0.1, 0.15) is 80.1 Å². The van der Waals surface area contributed by atoms with E-state index in [1.807, 2.05) is 11.3 Å². The van der Waals surface area contributed by atoms with Crippen molar-refractivity contribution in [2.45, 2.75) is 62.2 Å². The van der Waals surface area contributed by atoms with Gasteiger partial charge in [-0.15, -0.1) is 27.8 Å². The topological polar surface area (TPSA) is 117 Å². The van der Waals surface area contributed by atoms with E-state index in [2.05, 4.69) is 48.3 Å². The van der Waals surface area contributed by atoms with Gasteiger partial charge in [-0.1, -0.05) is 24.3 Å². The van der Waals surface area contributed by atoms with Crippen molar-refractivity contribution < 1.29 is 18.8 Å². The van der Waals surface area contributed by atoms with Crippen LogP contribution >= 0.6 is 22.7 Å². The summed E-state index contributed by atoms with van der Waals surface area (Å²) in [7, 11) is 0. The normalized spacial score (nSPS) is 18.7. The van der Waals surface area contributed by atoms with Gasteiger partial charge in [0.25, 0.3) is 0 Å². The lowest BCUT2D eigenvalue weighted by molar-refractivity contribution is 0.0691. The molecule has 0 bridgehead atoms. The van der Waals surface area contributed by atoms with Crippen LogP contribution in [-0.2, 0) is 24.2 Å². The first kappa shape index (κ1) is 29.4. The summed E-state index contributed by atoms with van der Waals surface area (Å²) in [4.78, 5) is 18.8. The van der Waals surface area contributed by atoms with Crippen LogP contribution in [0.5, 0.6) is 0 Å². The number of aryl methyl sites for hydroxylation is 1. The number of benzene rings is 2. The van der Waals surface area contributed by atoms with E-state index in [1.165, 1.54) is 44.2 Å². The third-order valence-corrected chi connectivity index (χ3v) is 11.4. The second kappa shape index (κ2) is 11.9. The molecule has 0 aliphatic heterocycles. The molecular weight excluding hydrogens is 616 g/mol. The lowest BCUT2D eigenvalue weighted by Gasteiger charge is -2.35. The Kier molecular flexibility index (Phi) is 7.92. The highest BCUT2D eigenvalue weighted by molar-refractivity contribution is 7.89. The molecule has 5 aromatic rings. The molecule has 0 saturated heterocycles. The van der Waals surface area contributed by atoms with Crippen LogP contribution in [0.4, 0.5) is 4.39 Å². The number of carbonyl (C=O) groups is 1. The van der Waals surface area contributed by atoms with E-state index in [4.69, 9.17) is 10.2 Å². The van der Waals surface area contributed by atoms with Gasteiger partial charge >= 0.3 is 5.97 Å². The average molecular weight is 647 g/mol. The number of aromatic carboxylic acids is 1. The molecule has 2 saturated carbocycles. The van der Waals surface area contributed by atoms with E-state index < -0.39 is 23.1 Å². The zero-order valence-corrected chi connectivity index (χ0v) is 26.5. The van der Waals surface area contributed by atoms with Crippen molar-refractivity contribution >= 4 is 40.0 Å². The van der Waals surface area contributed by atoms with Crippen molar-refractivity contribution in [2.75, 3.05) is 0 Å². The Hall–Kier alpha value is -3.35. The zero-order chi connectivity index (χ0) is 30.5. The first-order valence-corrected chi connectivity index (χ1v) is 17.6. The Morgan fingerprint density at radius 3 is 2.64 bits per heavy atom. The van der Waals surface area contributed by atoms with Crippen LogP contribution in [0.15, 0.2) is 64.9 Å². The lowest BCUT2D eigenvalue weighted by Crippen LogP contribution is -2.19. The van der Waals surface area contributed by atoms with Crippen LogP contribution in [0, 0.1) is 18.7 Å². The fourth-order valence-corrected chi connectivity index (χ4v) is 8.31. The molecule has 2 fully saturated rings. The molecule has 226 valence electrons. The number of nitrogens with two attached hydrogens (primary N) is 1. The maximum Gasteiger partial charge on any atom is 0.355 e. The summed E-state index contributed by atoms with van der Waals surface area (Å²) in [6, 6.07) is 17.6. The predicted octanol–water partition coefficient (Wildman–Crippen LogP) is 7.39. The summed E-state index contributed by atoms with van der Waals surface area (Å²) in [5, 5.41) is 22.1. The third kappa shape index (κ3) is 5.87. The first-order valence-electron chi connectivity index (χ1n) is 14.6. The quantitative estimate of drug-likeness (QED) is 0.153. The van der Waals surface area contributed by atoms with E-state index in [0.717, 1.165) is 54.6 Å². The SMILES string of the molecule is Cc1ccc(C2CC(c3cccc(-c4nn(-c5nc(C(=O)O)cs5)c(CC5CC5)c4Cc4ccc([S+](N)[O-])c(F)c4)c3)C2)s1. The smallest absolute Gasteiger partial charge is 0.355 e. The van der Waals surface area contributed by atoms with Crippen molar-refractivity contribution in [1.82, 2.24) is 14.8 Å². The van der Waals surface area contributed by atoms with E-state index in [9.17, 15) is 18.8 Å². The lowest BCUT2D eigenvalue weighted by atomic mass is 9.70. The summed E-state index contributed by atoms with van der Waals surface area (Å²) in [6.07, 6.45) is 5.63. The molecule has 2 aliphatic carbocycles. The standard InChI is InChI=1S/C33H31FN4O3S3/c1-18-5-9-29(43-18)24-15-23(16-24)21-3-2-4-22(14-21)31-25(11-20-8-10-30(44(35)41)26(34)12-20)28(13-19-6-7-19)38(37-31)33-36-27(17-42-33)32(39)40/h2-5,8-10,12,14,17,19,23-24H,6-7,11,13,15-16,35H2,1H3,(H,39,40). The largest absolute Gasteiger partial charge is 0.593 e. The maximum atomic E-state index is 14.9. The Labute approximate surface area is 265 Å². The molecule has 1 atom stereocenters. The number of halogens is 1. The molecule has 3 heterocycles. The molecule has 7 nitrogen and oxygen atoms in total. The molecule has 7 rings (SSSR count). The van der Waals surface area contributed by atoms with Gasteiger partial charge in [0, 0.05) is 32.7 Å². The summed E-state index contributed by atoms with van der Waals surface area (Å²) >= 11 is 1.21. The number of carboxylic acid groups (broad SMARTS) is 1. The minimum Gasteiger partial charge on any atom is -0.593 e. The second-order valence-electron chi connectivity index (χ2n) is 11.8. The number of carboxylic acids is 1. The molecule has 44 heavy (non-hydrogen) atoms. The van der Waals surface area contributed by atoms with Gasteiger partial charge < -0.3 is 9.66 Å². The van der Waals surface area contributed by atoms with Gasteiger partial charge in [-0.05, 0) is 98.2 Å². The second-order valence-corrected chi connectivity index (χ2v) is 15.0. The van der Waals surface area contributed by atoms with Gasteiger partial charge in [-0.25, -0.2) is 18.9 Å². The van der Waals surface area contributed by atoms with E-state index in [-0.39, 0.29) is 10.6 Å². The maximum absolute atomic E-state index is 14.9. The van der Waals surface area contributed by atoms with Crippen molar-refractivity contribution in [3.05, 3.63) is 104 Å². The average Bonchev–Trinajstić information content (AvgIpc) is 3.31. The number of nitrogens with zero attached hydrogens (tertiary/aromatic N) is 3. The Morgan fingerprint density at radius 2 is 1.98 bits per heavy atom. The van der Waals surface area contributed by atoms with Crippen molar-refractivity contribution in [3.8, 4) is 16.4 Å². The molecule has 2 aromatic carbocycles. The fourth-order valence-electron chi connectivity index (χ4n) is 6.08. The summed E-state index contributed by atoms with van der Waals surface area (Å²) in [6.45, 7) is 2.15. The molecule has 0 amide bonds. The molecular formula is C33H31FN4O3S3. The van der Waals surface area contributed by atoms with Crippen LogP contribution in [0.25, 0.3) is 16.4 Å². The van der Waals surface area contributed by atoms with Crippen LogP contribution in [0.2, 0.25) is 0 Å².